The van der Waals surface area contributed by atoms with E-state index in [0.29, 0.717) is 5.95 Å². The van der Waals surface area contributed by atoms with Crippen LogP contribution in [0.4, 0.5) is 5.95 Å². The van der Waals surface area contributed by atoms with E-state index in [4.69, 9.17) is 0 Å². The zero-order valence-corrected chi connectivity index (χ0v) is 15.4. The largest absolute Gasteiger partial charge is 0.347 e. The minimum Gasteiger partial charge on any atom is -0.347 e. The molecule has 7 heteroatoms. The van der Waals surface area contributed by atoms with Gasteiger partial charge >= 0.3 is 0 Å². The van der Waals surface area contributed by atoms with Crippen LogP contribution in [0.5, 0.6) is 0 Å². The van der Waals surface area contributed by atoms with E-state index in [1.165, 1.54) is 4.88 Å². The van der Waals surface area contributed by atoms with Crippen LogP contribution in [0.3, 0.4) is 0 Å². The minimum absolute atomic E-state index is 0.0486. The van der Waals surface area contributed by atoms with Crippen molar-refractivity contribution in [3.8, 4) is 0 Å². The zero-order valence-electron chi connectivity index (χ0n) is 14.6. The normalized spacial score (nSPS) is 15.7. The molecule has 1 amide bonds. The summed E-state index contributed by atoms with van der Waals surface area (Å²) in [4.78, 5) is 28.4. The van der Waals surface area contributed by atoms with Crippen LogP contribution in [0.15, 0.2) is 36.0 Å². The van der Waals surface area contributed by atoms with E-state index in [1.807, 2.05) is 23.9 Å². The quantitative estimate of drug-likeness (QED) is 0.766. The summed E-state index contributed by atoms with van der Waals surface area (Å²) in [7, 11) is 3.79. The Kier molecular flexibility index (Phi) is 5.78. The third-order valence-electron chi connectivity index (χ3n) is 4.12. The van der Waals surface area contributed by atoms with Gasteiger partial charge in [0.15, 0.2) is 0 Å². The summed E-state index contributed by atoms with van der Waals surface area (Å²) in [6.07, 6.45) is 6.85. The van der Waals surface area contributed by atoms with Gasteiger partial charge in [-0.2, -0.15) is 0 Å². The number of thiophene rings is 1. The van der Waals surface area contributed by atoms with Gasteiger partial charge in [0, 0.05) is 75.7 Å². The van der Waals surface area contributed by atoms with E-state index in [9.17, 15) is 4.79 Å². The highest BCUT2D eigenvalue weighted by Crippen LogP contribution is 2.14. The maximum Gasteiger partial charge on any atom is 0.246 e. The fourth-order valence-corrected chi connectivity index (χ4v) is 3.42. The molecular weight excluding hydrogens is 334 g/mol. The van der Waals surface area contributed by atoms with E-state index in [2.05, 4.69) is 32.4 Å². The number of carbonyl (C=O) groups is 1. The molecule has 2 aromatic heterocycles. The van der Waals surface area contributed by atoms with E-state index in [-0.39, 0.29) is 5.91 Å². The molecule has 0 N–H and O–H groups in total. The van der Waals surface area contributed by atoms with Crippen molar-refractivity contribution in [1.82, 2.24) is 19.8 Å². The molecule has 0 saturated carbocycles. The minimum atomic E-state index is 0.0486. The van der Waals surface area contributed by atoms with Gasteiger partial charge in [0.05, 0.1) is 0 Å². The molecule has 3 rings (SSSR count). The van der Waals surface area contributed by atoms with Crippen LogP contribution >= 0.6 is 11.3 Å². The summed E-state index contributed by atoms with van der Waals surface area (Å²) in [5, 5.41) is 2.11. The second-order valence-corrected chi connectivity index (χ2v) is 7.26. The molecule has 0 atom stereocenters. The Morgan fingerprint density at radius 3 is 2.56 bits per heavy atom. The van der Waals surface area contributed by atoms with Crippen molar-refractivity contribution in [2.75, 3.05) is 45.2 Å². The number of hydrogen-bond acceptors (Lipinski definition) is 6. The first kappa shape index (κ1) is 17.6. The van der Waals surface area contributed by atoms with Crippen molar-refractivity contribution in [2.24, 2.45) is 0 Å². The summed E-state index contributed by atoms with van der Waals surface area (Å²) in [6, 6.07) is 4.24. The topological polar surface area (TPSA) is 52.6 Å². The molecule has 25 heavy (non-hydrogen) atoms. The van der Waals surface area contributed by atoms with E-state index in [1.54, 1.807) is 35.9 Å². The van der Waals surface area contributed by atoms with Crippen molar-refractivity contribution in [2.45, 2.75) is 6.54 Å². The highest BCUT2D eigenvalue weighted by atomic mass is 32.1. The molecule has 2 aromatic rings. The molecule has 132 valence electrons. The number of piperazine rings is 1. The second kappa shape index (κ2) is 8.22. The fourth-order valence-electron chi connectivity index (χ4n) is 2.67. The predicted octanol–water partition coefficient (Wildman–Crippen LogP) is 1.96. The number of aromatic nitrogens is 2. The molecular formula is C18H23N5OS. The van der Waals surface area contributed by atoms with Crippen LogP contribution < -0.4 is 4.90 Å². The lowest BCUT2D eigenvalue weighted by atomic mass is 10.2. The van der Waals surface area contributed by atoms with Crippen LogP contribution in [-0.4, -0.2) is 65.9 Å². The summed E-state index contributed by atoms with van der Waals surface area (Å²) >= 11 is 1.78. The third-order valence-corrected chi connectivity index (χ3v) is 4.98. The Balaban J connectivity index is 1.48. The van der Waals surface area contributed by atoms with Gasteiger partial charge in [-0.3, -0.25) is 9.69 Å². The smallest absolute Gasteiger partial charge is 0.246 e. The van der Waals surface area contributed by atoms with Gasteiger partial charge in [-0.25, -0.2) is 9.97 Å². The molecule has 1 fully saturated rings. The number of hydrogen-bond donors (Lipinski definition) is 0. The first-order valence-corrected chi connectivity index (χ1v) is 9.21. The second-order valence-electron chi connectivity index (χ2n) is 6.22. The van der Waals surface area contributed by atoms with Crippen molar-refractivity contribution >= 4 is 29.3 Å². The molecule has 0 spiro atoms. The number of nitrogens with zero attached hydrogens (tertiary/aromatic N) is 5. The Hall–Kier alpha value is -2.25. The first-order valence-electron chi connectivity index (χ1n) is 8.33. The average Bonchev–Trinajstić information content (AvgIpc) is 3.13. The zero-order chi connectivity index (χ0) is 17.6. The van der Waals surface area contributed by atoms with Crippen molar-refractivity contribution in [1.29, 1.82) is 0 Å². The predicted molar refractivity (Wildman–Crippen MR) is 102 cm³/mol. The van der Waals surface area contributed by atoms with Crippen LogP contribution in [0.1, 0.15) is 10.4 Å². The molecule has 0 unspecified atom stereocenters. The van der Waals surface area contributed by atoms with Gasteiger partial charge in [-0.15, -0.1) is 11.3 Å². The standard InChI is InChI=1S/C18H23N5OS/c1-21(2)18-19-12-15(13-20-18)5-6-17(24)23-9-7-22(8-10-23)14-16-4-3-11-25-16/h3-6,11-13H,7-10,14H2,1-2H3/b6-5+. The number of rotatable bonds is 5. The monoisotopic (exact) mass is 357 g/mol. The maximum absolute atomic E-state index is 12.3. The molecule has 1 aliphatic rings. The Labute approximate surface area is 152 Å². The maximum atomic E-state index is 12.3. The average molecular weight is 357 g/mol. The van der Waals surface area contributed by atoms with Gasteiger partial charge in [-0.1, -0.05) is 6.07 Å². The highest BCUT2D eigenvalue weighted by Gasteiger charge is 2.19. The molecule has 0 aromatic carbocycles. The Morgan fingerprint density at radius 1 is 1.24 bits per heavy atom. The van der Waals surface area contributed by atoms with Gasteiger partial charge in [-0.05, 0) is 17.5 Å². The summed E-state index contributed by atoms with van der Waals surface area (Å²) in [5.74, 6) is 0.706. The SMILES string of the molecule is CN(C)c1ncc(/C=C/C(=O)N2CCN(Cc3cccs3)CC2)cn1. The van der Waals surface area contributed by atoms with Gasteiger partial charge in [0.2, 0.25) is 11.9 Å². The van der Waals surface area contributed by atoms with Gasteiger partial charge in [0.25, 0.3) is 0 Å². The molecule has 0 radical (unpaired) electrons. The molecule has 3 heterocycles. The molecule has 6 nitrogen and oxygen atoms in total. The highest BCUT2D eigenvalue weighted by molar-refractivity contribution is 7.09. The van der Waals surface area contributed by atoms with Gasteiger partial charge in [0.1, 0.15) is 0 Å². The fraction of sp³-hybridized carbons (Fsp3) is 0.389. The molecule has 1 aliphatic heterocycles. The summed E-state index contributed by atoms with van der Waals surface area (Å²) < 4.78 is 0. The molecule has 0 aliphatic carbocycles. The lowest BCUT2D eigenvalue weighted by molar-refractivity contribution is -0.127. The summed E-state index contributed by atoms with van der Waals surface area (Å²) in [5.41, 5.74) is 0.829. The summed E-state index contributed by atoms with van der Waals surface area (Å²) in [6.45, 7) is 4.34. The van der Waals surface area contributed by atoms with E-state index >= 15 is 0 Å². The van der Waals surface area contributed by atoms with Crippen molar-refractivity contribution in [3.05, 3.63) is 46.4 Å². The van der Waals surface area contributed by atoms with Crippen LogP contribution in [0.2, 0.25) is 0 Å². The Morgan fingerprint density at radius 2 is 1.96 bits per heavy atom. The van der Waals surface area contributed by atoms with Crippen LogP contribution in [0.25, 0.3) is 6.08 Å². The van der Waals surface area contributed by atoms with Gasteiger partial charge < -0.3 is 9.80 Å². The van der Waals surface area contributed by atoms with Crippen LogP contribution in [0, 0.1) is 0 Å². The third kappa shape index (κ3) is 4.87. The first-order chi connectivity index (χ1) is 12.1. The van der Waals surface area contributed by atoms with Crippen molar-refractivity contribution < 1.29 is 4.79 Å². The lowest BCUT2D eigenvalue weighted by Crippen LogP contribution is -2.47. The molecule has 1 saturated heterocycles. The number of amides is 1. The van der Waals surface area contributed by atoms with E-state index < -0.39 is 0 Å². The Bertz CT molecular complexity index is 704. The van der Waals surface area contributed by atoms with Crippen molar-refractivity contribution in [3.63, 3.8) is 0 Å². The lowest BCUT2D eigenvalue weighted by Gasteiger charge is -2.33. The number of anilines is 1. The van der Waals surface area contributed by atoms with Crippen LogP contribution in [-0.2, 0) is 11.3 Å². The van der Waals surface area contributed by atoms with E-state index in [0.717, 1.165) is 38.3 Å². The molecule has 0 bridgehead atoms. The number of carbonyl (C=O) groups excluding carboxylic acids is 1.